The van der Waals surface area contributed by atoms with Gasteiger partial charge in [-0.1, -0.05) is 31.2 Å². The van der Waals surface area contributed by atoms with Crippen molar-refractivity contribution in [2.75, 3.05) is 0 Å². The maximum atomic E-state index is 10.9. The van der Waals surface area contributed by atoms with Crippen LogP contribution in [0.25, 0.3) is 0 Å². The van der Waals surface area contributed by atoms with Crippen LogP contribution in [0.5, 0.6) is 0 Å². The summed E-state index contributed by atoms with van der Waals surface area (Å²) in [4.78, 5) is 0. The number of aliphatic hydroxyl groups is 1. The Morgan fingerprint density at radius 1 is 1.29 bits per heavy atom. The highest BCUT2D eigenvalue weighted by Crippen LogP contribution is 2.37. The first-order chi connectivity index (χ1) is 10.1. The van der Waals surface area contributed by atoms with Crippen LogP contribution in [0.4, 0.5) is 0 Å². The first kappa shape index (κ1) is 14.3. The molecule has 3 heteroatoms. The first-order valence-corrected chi connectivity index (χ1v) is 7.94. The van der Waals surface area contributed by atoms with Crippen molar-refractivity contribution in [3.63, 3.8) is 0 Å². The van der Waals surface area contributed by atoms with Crippen molar-refractivity contribution >= 4 is 0 Å². The molecule has 3 nitrogen and oxygen atoms in total. The van der Waals surface area contributed by atoms with Crippen LogP contribution in [0, 0.1) is 13.8 Å². The van der Waals surface area contributed by atoms with Gasteiger partial charge in [-0.2, -0.15) is 5.10 Å². The van der Waals surface area contributed by atoms with Crippen LogP contribution >= 0.6 is 0 Å². The van der Waals surface area contributed by atoms with E-state index in [9.17, 15) is 5.11 Å². The molecule has 0 saturated carbocycles. The van der Waals surface area contributed by atoms with Gasteiger partial charge in [0.1, 0.15) is 6.10 Å². The van der Waals surface area contributed by atoms with Gasteiger partial charge >= 0.3 is 0 Å². The molecule has 0 amide bonds. The summed E-state index contributed by atoms with van der Waals surface area (Å²) in [5, 5.41) is 15.6. The summed E-state index contributed by atoms with van der Waals surface area (Å²) in [6.07, 6.45) is 3.65. The number of hydrogen-bond acceptors (Lipinski definition) is 2. The van der Waals surface area contributed by atoms with Crippen LogP contribution in [-0.4, -0.2) is 14.9 Å². The maximum absolute atomic E-state index is 10.9. The molecule has 2 atom stereocenters. The van der Waals surface area contributed by atoms with E-state index in [1.165, 1.54) is 16.8 Å². The number of nitrogens with zero attached hydrogens (tertiary/aromatic N) is 2. The predicted octanol–water partition coefficient (Wildman–Crippen LogP) is 3.67. The fraction of sp³-hybridized carbons (Fsp3) is 0.500. The standard InChI is InChI=1S/C18H24N2O/c1-4-15-12(2)19-20(13(15)3)17-11-7-9-14-8-5-6-10-16(14)18(17)21/h5-6,8,10,17-18,21H,4,7,9,11H2,1-3H3. The Balaban J connectivity index is 2.03. The summed E-state index contributed by atoms with van der Waals surface area (Å²) in [6, 6.07) is 8.32. The Bertz CT molecular complexity index is 645. The second-order valence-electron chi connectivity index (χ2n) is 6.05. The van der Waals surface area contributed by atoms with Crippen molar-refractivity contribution in [1.82, 2.24) is 9.78 Å². The minimum atomic E-state index is -0.466. The highest BCUT2D eigenvalue weighted by atomic mass is 16.3. The van der Waals surface area contributed by atoms with E-state index in [-0.39, 0.29) is 6.04 Å². The van der Waals surface area contributed by atoms with Crippen molar-refractivity contribution in [3.05, 3.63) is 52.3 Å². The molecule has 112 valence electrons. The zero-order valence-electron chi connectivity index (χ0n) is 13.1. The molecule has 0 aliphatic heterocycles. The number of fused-ring (bicyclic) bond motifs is 1. The molecule has 0 fully saturated rings. The molecule has 1 aromatic heterocycles. The van der Waals surface area contributed by atoms with E-state index in [2.05, 4.69) is 43.7 Å². The maximum Gasteiger partial charge on any atom is 0.102 e. The lowest BCUT2D eigenvalue weighted by Crippen LogP contribution is -2.19. The van der Waals surface area contributed by atoms with Crippen LogP contribution in [0.1, 0.15) is 60.0 Å². The molecule has 0 radical (unpaired) electrons. The lowest BCUT2D eigenvalue weighted by molar-refractivity contribution is 0.102. The second kappa shape index (κ2) is 5.64. The van der Waals surface area contributed by atoms with Crippen LogP contribution in [0.15, 0.2) is 24.3 Å². The Labute approximate surface area is 126 Å². The van der Waals surface area contributed by atoms with Crippen LogP contribution in [-0.2, 0) is 12.8 Å². The van der Waals surface area contributed by atoms with E-state index in [1.54, 1.807) is 0 Å². The summed E-state index contributed by atoms with van der Waals surface area (Å²) in [6.45, 7) is 6.36. The van der Waals surface area contributed by atoms with E-state index < -0.39 is 6.10 Å². The lowest BCUT2D eigenvalue weighted by atomic mass is 9.98. The number of aliphatic hydroxyl groups excluding tert-OH is 1. The minimum absolute atomic E-state index is 0.0487. The average molecular weight is 284 g/mol. The Morgan fingerprint density at radius 2 is 2.05 bits per heavy atom. The zero-order chi connectivity index (χ0) is 15.0. The third-order valence-corrected chi connectivity index (χ3v) is 4.83. The number of rotatable bonds is 2. The van der Waals surface area contributed by atoms with E-state index in [0.717, 1.165) is 36.9 Å². The van der Waals surface area contributed by atoms with E-state index >= 15 is 0 Å². The lowest BCUT2D eigenvalue weighted by Gasteiger charge is -2.24. The van der Waals surface area contributed by atoms with Gasteiger partial charge < -0.3 is 5.11 Å². The molecule has 2 unspecified atom stereocenters. The molecule has 0 spiro atoms. The molecule has 1 N–H and O–H groups in total. The molecule has 1 aliphatic rings. The van der Waals surface area contributed by atoms with Gasteiger partial charge in [-0.25, -0.2) is 0 Å². The van der Waals surface area contributed by atoms with E-state index in [1.807, 2.05) is 6.07 Å². The van der Waals surface area contributed by atoms with Crippen molar-refractivity contribution in [1.29, 1.82) is 0 Å². The quantitative estimate of drug-likeness (QED) is 0.854. The topological polar surface area (TPSA) is 38.0 Å². The molecule has 1 heterocycles. The van der Waals surface area contributed by atoms with Gasteiger partial charge in [-0.15, -0.1) is 0 Å². The molecular formula is C18H24N2O. The largest absolute Gasteiger partial charge is 0.386 e. The van der Waals surface area contributed by atoms with Gasteiger partial charge in [0.15, 0.2) is 0 Å². The first-order valence-electron chi connectivity index (χ1n) is 7.94. The van der Waals surface area contributed by atoms with Gasteiger partial charge in [-0.3, -0.25) is 4.68 Å². The molecule has 0 saturated heterocycles. The van der Waals surface area contributed by atoms with Crippen molar-refractivity contribution in [3.8, 4) is 0 Å². The van der Waals surface area contributed by atoms with Crippen LogP contribution < -0.4 is 0 Å². The third-order valence-electron chi connectivity index (χ3n) is 4.83. The molecule has 0 bridgehead atoms. The van der Waals surface area contributed by atoms with Gasteiger partial charge in [0.2, 0.25) is 0 Å². The number of hydrogen-bond donors (Lipinski definition) is 1. The predicted molar refractivity (Wildman–Crippen MR) is 84.5 cm³/mol. The Morgan fingerprint density at radius 3 is 2.76 bits per heavy atom. The molecule has 1 aliphatic carbocycles. The molecular weight excluding hydrogens is 260 g/mol. The monoisotopic (exact) mass is 284 g/mol. The summed E-state index contributed by atoms with van der Waals surface area (Å²) >= 11 is 0. The number of aryl methyl sites for hydroxylation is 2. The van der Waals surface area contributed by atoms with E-state index in [0.29, 0.717) is 0 Å². The molecule has 2 aromatic rings. The normalized spacial score (nSPS) is 21.9. The number of benzene rings is 1. The van der Waals surface area contributed by atoms with Crippen LogP contribution in [0.3, 0.4) is 0 Å². The summed E-state index contributed by atoms with van der Waals surface area (Å²) in [5.74, 6) is 0. The second-order valence-corrected chi connectivity index (χ2v) is 6.05. The van der Waals surface area contributed by atoms with Gasteiger partial charge in [0.05, 0.1) is 11.7 Å². The van der Waals surface area contributed by atoms with Crippen molar-refractivity contribution in [2.45, 2.75) is 58.6 Å². The zero-order valence-corrected chi connectivity index (χ0v) is 13.1. The van der Waals surface area contributed by atoms with Crippen LogP contribution in [0.2, 0.25) is 0 Å². The van der Waals surface area contributed by atoms with E-state index in [4.69, 9.17) is 5.10 Å². The number of aromatic nitrogens is 2. The van der Waals surface area contributed by atoms with Crippen molar-refractivity contribution < 1.29 is 5.11 Å². The minimum Gasteiger partial charge on any atom is -0.386 e. The van der Waals surface area contributed by atoms with Crippen molar-refractivity contribution in [2.24, 2.45) is 0 Å². The van der Waals surface area contributed by atoms with Gasteiger partial charge in [0, 0.05) is 5.69 Å². The molecule has 1 aromatic carbocycles. The fourth-order valence-corrected chi connectivity index (χ4v) is 3.70. The average Bonchev–Trinajstić information content (AvgIpc) is 2.67. The molecule has 21 heavy (non-hydrogen) atoms. The Kier molecular flexibility index (Phi) is 3.85. The SMILES string of the molecule is CCc1c(C)nn(C2CCCc3ccccc3C2O)c1C. The van der Waals surface area contributed by atoms with Gasteiger partial charge in [-0.05, 0) is 56.2 Å². The van der Waals surface area contributed by atoms with Gasteiger partial charge in [0.25, 0.3) is 0 Å². The summed E-state index contributed by atoms with van der Waals surface area (Å²) in [5.41, 5.74) is 5.98. The summed E-state index contributed by atoms with van der Waals surface area (Å²) in [7, 11) is 0. The smallest absolute Gasteiger partial charge is 0.102 e. The third kappa shape index (κ3) is 2.40. The Hall–Kier alpha value is -1.61. The highest BCUT2D eigenvalue weighted by molar-refractivity contribution is 5.32. The molecule has 3 rings (SSSR count). The fourth-order valence-electron chi connectivity index (χ4n) is 3.70. The highest BCUT2D eigenvalue weighted by Gasteiger charge is 2.29. The summed E-state index contributed by atoms with van der Waals surface area (Å²) < 4.78 is 2.07.